The Hall–Kier alpha value is -2.76. The summed E-state index contributed by atoms with van der Waals surface area (Å²) in [6.45, 7) is 1.26. The summed E-state index contributed by atoms with van der Waals surface area (Å²) in [6, 6.07) is 6.43. The summed E-state index contributed by atoms with van der Waals surface area (Å²) in [6.07, 6.45) is 0. The first kappa shape index (κ1) is 11.3. The van der Waals surface area contributed by atoms with Crippen LogP contribution < -0.4 is 5.73 Å². The molecule has 1 aromatic carbocycles. The highest BCUT2D eigenvalue weighted by molar-refractivity contribution is 6.28. The standard InChI is InChI=1S/C13H9N3O3/c1-6(17)16-10-9(15-13(16)14)11(18)7-4-2-3-5-8(7)12(10)19/h2-5H,1H3,(H2,14,15). The predicted octanol–water partition coefficient (Wildman–Crippen LogP) is 0.901. The molecule has 2 N–H and O–H groups in total. The van der Waals surface area contributed by atoms with Gasteiger partial charge in [-0.25, -0.2) is 9.55 Å². The van der Waals surface area contributed by atoms with Crippen molar-refractivity contribution in [2.24, 2.45) is 0 Å². The van der Waals surface area contributed by atoms with Gasteiger partial charge in [0.2, 0.25) is 23.4 Å². The molecule has 1 aliphatic carbocycles. The molecule has 2 aromatic rings. The summed E-state index contributed by atoms with van der Waals surface area (Å²) >= 11 is 0. The number of aromatic nitrogens is 2. The third-order valence-electron chi connectivity index (χ3n) is 3.06. The molecule has 19 heavy (non-hydrogen) atoms. The van der Waals surface area contributed by atoms with Gasteiger partial charge in [-0.1, -0.05) is 24.3 Å². The summed E-state index contributed by atoms with van der Waals surface area (Å²) in [5.41, 5.74) is 6.05. The van der Waals surface area contributed by atoms with Crippen molar-refractivity contribution in [2.45, 2.75) is 6.92 Å². The molecular formula is C13H9N3O3. The fourth-order valence-corrected chi connectivity index (χ4v) is 2.26. The Bertz CT molecular complexity index is 758. The molecule has 0 radical (unpaired) electrons. The number of nitrogens with two attached hydrogens (primary N) is 1. The van der Waals surface area contributed by atoms with Crippen LogP contribution in [0.25, 0.3) is 0 Å². The van der Waals surface area contributed by atoms with Crippen molar-refractivity contribution in [3.05, 3.63) is 46.8 Å². The Morgan fingerprint density at radius 1 is 1.16 bits per heavy atom. The van der Waals surface area contributed by atoms with E-state index in [1.807, 2.05) is 0 Å². The minimum Gasteiger partial charge on any atom is -0.369 e. The van der Waals surface area contributed by atoms with Gasteiger partial charge in [-0.15, -0.1) is 0 Å². The highest BCUT2D eigenvalue weighted by Crippen LogP contribution is 2.28. The van der Waals surface area contributed by atoms with Gasteiger partial charge in [-0.05, 0) is 0 Å². The molecule has 6 nitrogen and oxygen atoms in total. The van der Waals surface area contributed by atoms with E-state index >= 15 is 0 Å². The highest BCUT2D eigenvalue weighted by atomic mass is 16.2. The maximum atomic E-state index is 12.4. The molecule has 1 aromatic heterocycles. The Morgan fingerprint density at radius 3 is 2.32 bits per heavy atom. The van der Waals surface area contributed by atoms with E-state index in [4.69, 9.17) is 5.73 Å². The number of ketones is 2. The molecule has 94 valence electrons. The van der Waals surface area contributed by atoms with Crippen LogP contribution in [-0.4, -0.2) is 27.0 Å². The first-order valence-electron chi connectivity index (χ1n) is 5.60. The maximum Gasteiger partial charge on any atom is 0.230 e. The zero-order valence-electron chi connectivity index (χ0n) is 10.0. The minimum absolute atomic E-state index is 0.0475. The van der Waals surface area contributed by atoms with Crippen molar-refractivity contribution in [1.29, 1.82) is 0 Å². The van der Waals surface area contributed by atoms with E-state index < -0.39 is 17.5 Å². The number of nitrogen functional groups attached to an aromatic ring is 1. The Balaban J connectivity index is 2.37. The fraction of sp³-hybridized carbons (Fsp3) is 0.0769. The average molecular weight is 255 g/mol. The third kappa shape index (κ3) is 1.36. The molecule has 0 spiro atoms. The number of rotatable bonds is 0. The number of nitrogens with zero attached hydrogens (tertiary/aromatic N) is 2. The molecule has 0 bridgehead atoms. The van der Waals surface area contributed by atoms with Crippen molar-refractivity contribution in [3.63, 3.8) is 0 Å². The molecule has 6 heteroatoms. The van der Waals surface area contributed by atoms with E-state index in [0.717, 1.165) is 4.57 Å². The van der Waals surface area contributed by atoms with Crippen molar-refractivity contribution >= 4 is 23.4 Å². The van der Waals surface area contributed by atoms with E-state index in [2.05, 4.69) is 4.98 Å². The predicted molar refractivity (Wildman–Crippen MR) is 66.2 cm³/mol. The number of anilines is 1. The molecule has 0 fully saturated rings. The third-order valence-corrected chi connectivity index (χ3v) is 3.06. The molecule has 0 unspecified atom stereocenters. The van der Waals surface area contributed by atoms with E-state index in [0.29, 0.717) is 0 Å². The number of carbonyl (C=O) groups is 3. The minimum atomic E-state index is -0.452. The van der Waals surface area contributed by atoms with Gasteiger partial charge in [-0.2, -0.15) is 0 Å². The molecule has 0 amide bonds. The van der Waals surface area contributed by atoms with Crippen LogP contribution >= 0.6 is 0 Å². The summed E-state index contributed by atoms with van der Waals surface area (Å²) in [4.78, 5) is 40.0. The van der Waals surface area contributed by atoms with Gasteiger partial charge in [-0.3, -0.25) is 14.4 Å². The topological polar surface area (TPSA) is 95.0 Å². The van der Waals surface area contributed by atoms with E-state index in [-0.39, 0.29) is 28.5 Å². The molecular weight excluding hydrogens is 246 g/mol. The Kier molecular flexibility index (Phi) is 2.16. The summed E-state index contributed by atoms with van der Waals surface area (Å²) in [5, 5.41) is 0. The molecule has 0 saturated carbocycles. The van der Waals surface area contributed by atoms with Gasteiger partial charge in [0.05, 0.1) is 0 Å². The number of benzene rings is 1. The van der Waals surface area contributed by atoms with Crippen LogP contribution in [0.4, 0.5) is 5.95 Å². The van der Waals surface area contributed by atoms with Crippen LogP contribution in [0.2, 0.25) is 0 Å². The summed E-state index contributed by atoms with van der Waals surface area (Å²) < 4.78 is 0.978. The Morgan fingerprint density at radius 2 is 1.74 bits per heavy atom. The zero-order valence-corrected chi connectivity index (χ0v) is 10.0. The summed E-state index contributed by atoms with van der Waals surface area (Å²) in [7, 11) is 0. The van der Waals surface area contributed by atoms with Crippen LogP contribution in [0.5, 0.6) is 0 Å². The zero-order chi connectivity index (χ0) is 13.7. The normalized spacial score (nSPS) is 13.1. The van der Waals surface area contributed by atoms with Gasteiger partial charge in [0.1, 0.15) is 11.4 Å². The SMILES string of the molecule is CC(=O)n1c(N)nc2c1C(=O)c1ccccc1C2=O. The Labute approximate surface area is 107 Å². The summed E-state index contributed by atoms with van der Waals surface area (Å²) in [5.74, 6) is -1.40. The molecule has 0 aliphatic heterocycles. The highest BCUT2D eigenvalue weighted by Gasteiger charge is 2.36. The molecule has 3 rings (SSSR count). The number of imidazole rings is 1. The molecule has 1 heterocycles. The lowest BCUT2D eigenvalue weighted by atomic mass is 9.90. The van der Waals surface area contributed by atoms with Crippen molar-refractivity contribution in [1.82, 2.24) is 9.55 Å². The largest absolute Gasteiger partial charge is 0.369 e. The second-order valence-electron chi connectivity index (χ2n) is 4.23. The number of fused-ring (bicyclic) bond motifs is 2. The second kappa shape index (κ2) is 3.61. The first-order chi connectivity index (χ1) is 9.02. The van der Waals surface area contributed by atoms with Crippen molar-refractivity contribution in [3.8, 4) is 0 Å². The fourth-order valence-electron chi connectivity index (χ4n) is 2.26. The maximum absolute atomic E-state index is 12.4. The molecule has 1 aliphatic rings. The van der Waals surface area contributed by atoms with Crippen LogP contribution in [0.3, 0.4) is 0 Å². The number of hydrogen-bond donors (Lipinski definition) is 1. The lowest BCUT2D eigenvalue weighted by Crippen LogP contribution is -2.25. The van der Waals surface area contributed by atoms with Crippen molar-refractivity contribution in [2.75, 3.05) is 5.73 Å². The smallest absolute Gasteiger partial charge is 0.230 e. The van der Waals surface area contributed by atoms with Gasteiger partial charge in [0.15, 0.2) is 0 Å². The van der Waals surface area contributed by atoms with Crippen LogP contribution in [0.1, 0.15) is 43.8 Å². The van der Waals surface area contributed by atoms with Crippen LogP contribution in [0, 0.1) is 0 Å². The van der Waals surface area contributed by atoms with Crippen LogP contribution in [-0.2, 0) is 0 Å². The average Bonchev–Trinajstić information content (AvgIpc) is 2.74. The molecule has 0 saturated heterocycles. The van der Waals surface area contributed by atoms with Gasteiger partial charge in [0.25, 0.3) is 0 Å². The second-order valence-corrected chi connectivity index (χ2v) is 4.23. The lowest BCUT2D eigenvalue weighted by Gasteiger charge is -2.14. The van der Waals surface area contributed by atoms with Crippen molar-refractivity contribution < 1.29 is 14.4 Å². The molecule has 0 atom stereocenters. The van der Waals surface area contributed by atoms with Gasteiger partial charge < -0.3 is 5.73 Å². The monoisotopic (exact) mass is 255 g/mol. The van der Waals surface area contributed by atoms with Gasteiger partial charge in [0, 0.05) is 18.1 Å². The quantitative estimate of drug-likeness (QED) is 0.644. The number of carbonyl (C=O) groups excluding carboxylic acids is 3. The van der Waals surface area contributed by atoms with Crippen LogP contribution in [0.15, 0.2) is 24.3 Å². The van der Waals surface area contributed by atoms with Gasteiger partial charge >= 0.3 is 0 Å². The van der Waals surface area contributed by atoms with E-state index in [9.17, 15) is 14.4 Å². The van der Waals surface area contributed by atoms with E-state index in [1.54, 1.807) is 24.3 Å². The first-order valence-corrected chi connectivity index (χ1v) is 5.60. The lowest BCUT2D eigenvalue weighted by molar-refractivity contribution is 0.0910. The van der Waals surface area contributed by atoms with E-state index in [1.165, 1.54) is 6.92 Å². The number of hydrogen-bond acceptors (Lipinski definition) is 5.